The lowest BCUT2D eigenvalue weighted by Gasteiger charge is -2.37. The molecule has 5 heteroatoms. The van der Waals surface area contributed by atoms with Crippen LogP contribution in [0.2, 0.25) is 0 Å². The lowest BCUT2D eigenvalue weighted by molar-refractivity contribution is 0.131. The van der Waals surface area contributed by atoms with Crippen LogP contribution in [0, 0.1) is 0 Å². The lowest BCUT2D eigenvalue weighted by atomic mass is 10.0. The lowest BCUT2D eigenvalue weighted by Crippen LogP contribution is -2.45. The van der Waals surface area contributed by atoms with Crippen LogP contribution in [0.3, 0.4) is 0 Å². The number of benzene rings is 1. The Morgan fingerprint density at radius 2 is 2.00 bits per heavy atom. The summed E-state index contributed by atoms with van der Waals surface area (Å²) in [5.41, 5.74) is 2.19. The molecule has 1 aliphatic heterocycles. The van der Waals surface area contributed by atoms with E-state index in [0.29, 0.717) is 0 Å². The summed E-state index contributed by atoms with van der Waals surface area (Å²) < 4.78 is 0. The number of piperidine rings is 1. The molecule has 0 atom stereocenters. The maximum Gasteiger partial charge on any atom is 0.407 e. The normalized spacial score (nSPS) is 16.1. The number of hydrogen-bond acceptors (Lipinski definition) is 3. The van der Waals surface area contributed by atoms with Crippen LogP contribution in [0.1, 0.15) is 12.8 Å². The van der Waals surface area contributed by atoms with Crippen LogP contribution in [-0.4, -0.2) is 47.3 Å². The Kier molecular flexibility index (Phi) is 3.64. The third kappa shape index (κ3) is 2.63. The summed E-state index contributed by atoms with van der Waals surface area (Å²) in [6.07, 6.45) is 2.72. The van der Waals surface area contributed by atoms with Crippen LogP contribution in [-0.2, 0) is 0 Å². The van der Waals surface area contributed by atoms with Crippen LogP contribution in [0.25, 0.3) is 10.9 Å². The summed E-state index contributed by atoms with van der Waals surface area (Å²) >= 11 is 0. The highest BCUT2D eigenvalue weighted by Crippen LogP contribution is 2.28. The Bertz CT molecular complexity index is 646. The van der Waals surface area contributed by atoms with E-state index in [0.717, 1.165) is 36.8 Å². The van der Waals surface area contributed by atoms with Crippen molar-refractivity contribution in [1.82, 2.24) is 9.88 Å². The zero-order valence-electron chi connectivity index (χ0n) is 12.1. The first kappa shape index (κ1) is 13.7. The van der Waals surface area contributed by atoms with Gasteiger partial charge in [0.25, 0.3) is 0 Å². The molecular weight excluding hydrogens is 266 g/mol. The van der Waals surface area contributed by atoms with Crippen LogP contribution in [0.5, 0.6) is 0 Å². The fraction of sp³-hybridized carbons (Fsp3) is 0.375. The number of para-hydroxylation sites is 1. The highest BCUT2D eigenvalue weighted by Gasteiger charge is 2.25. The van der Waals surface area contributed by atoms with E-state index in [-0.39, 0.29) is 6.04 Å². The van der Waals surface area contributed by atoms with Crippen molar-refractivity contribution in [2.75, 3.05) is 25.0 Å². The third-order valence-electron chi connectivity index (χ3n) is 4.28. The summed E-state index contributed by atoms with van der Waals surface area (Å²) in [6.45, 7) is 1.74. The molecule has 0 unspecified atom stereocenters. The standard InChI is InChI=1S/C16H19N3O2/c1-18(16(20)21)12-7-10-19(11-8-12)15-6-9-17-14-5-3-2-4-13(14)15/h2-6,9,12H,7-8,10-11H2,1H3,(H,20,21). The Morgan fingerprint density at radius 3 is 2.71 bits per heavy atom. The highest BCUT2D eigenvalue weighted by molar-refractivity contribution is 5.91. The van der Waals surface area contributed by atoms with E-state index >= 15 is 0 Å². The molecule has 1 N–H and O–H groups in total. The molecule has 1 aliphatic rings. The van der Waals surface area contributed by atoms with Crippen molar-refractivity contribution in [2.24, 2.45) is 0 Å². The van der Waals surface area contributed by atoms with E-state index in [1.807, 2.05) is 30.5 Å². The molecule has 1 aromatic heterocycles. The zero-order chi connectivity index (χ0) is 14.8. The average molecular weight is 285 g/mol. The zero-order valence-corrected chi connectivity index (χ0v) is 12.1. The molecule has 0 spiro atoms. The average Bonchev–Trinajstić information content (AvgIpc) is 2.53. The van der Waals surface area contributed by atoms with Crippen molar-refractivity contribution >= 4 is 22.7 Å². The van der Waals surface area contributed by atoms with Gasteiger partial charge in [0, 0.05) is 43.4 Å². The molecule has 0 bridgehead atoms. The predicted molar refractivity (Wildman–Crippen MR) is 82.8 cm³/mol. The monoisotopic (exact) mass is 285 g/mol. The van der Waals surface area contributed by atoms with E-state index < -0.39 is 6.09 Å². The Balaban J connectivity index is 1.79. The van der Waals surface area contributed by atoms with Crippen molar-refractivity contribution in [1.29, 1.82) is 0 Å². The quantitative estimate of drug-likeness (QED) is 0.922. The Morgan fingerprint density at radius 1 is 1.29 bits per heavy atom. The van der Waals surface area contributed by atoms with Gasteiger partial charge >= 0.3 is 6.09 Å². The van der Waals surface area contributed by atoms with Crippen LogP contribution in [0.4, 0.5) is 10.5 Å². The van der Waals surface area contributed by atoms with Crippen LogP contribution in [0.15, 0.2) is 36.5 Å². The number of nitrogens with zero attached hydrogens (tertiary/aromatic N) is 3. The summed E-state index contributed by atoms with van der Waals surface area (Å²) in [4.78, 5) is 19.2. The molecule has 3 rings (SSSR count). The maximum absolute atomic E-state index is 11.0. The smallest absolute Gasteiger partial charge is 0.407 e. The molecule has 0 aliphatic carbocycles. The van der Waals surface area contributed by atoms with Crippen molar-refractivity contribution in [3.8, 4) is 0 Å². The van der Waals surface area contributed by atoms with Crippen molar-refractivity contribution in [3.63, 3.8) is 0 Å². The second-order valence-electron chi connectivity index (χ2n) is 5.46. The Labute approximate surface area is 123 Å². The van der Waals surface area contributed by atoms with Gasteiger partial charge in [-0.25, -0.2) is 4.79 Å². The minimum absolute atomic E-state index is 0.117. The van der Waals surface area contributed by atoms with E-state index in [1.165, 1.54) is 10.6 Å². The molecule has 1 saturated heterocycles. The van der Waals surface area contributed by atoms with Gasteiger partial charge in [0.15, 0.2) is 0 Å². The number of pyridine rings is 1. The highest BCUT2D eigenvalue weighted by atomic mass is 16.4. The predicted octanol–water partition coefficient (Wildman–Crippen LogP) is 2.81. The van der Waals surface area contributed by atoms with Gasteiger partial charge in [-0.3, -0.25) is 4.98 Å². The third-order valence-corrected chi connectivity index (χ3v) is 4.28. The fourth-order valence-electron chi connectivity index (χ4n) is 3.01. The summed E-state index contributed by atoms with van der Waals surface area (Å²) in [5, 5.41) is 10.2. The van der Waals surface area contributed by atoms with Crippen LogP contribution < -0.4 is 4.90 Å². The van der Waals surface area contributed by atoms with Gasteiger partial charge in [-0.2, -0.15) is 0 Å². The summed E-state index contributed by atoms with van der Waals surface area (Å²) in [5.74, 6) is 0. The number of anilines is 1. The second kappa shape index (κ2) is 5.60. The van der Waals surface area contributed by atoms with Crippen molar-refractivity contribution < 1.29 is 9.90 Å². The molecule has 0 radical (unpaired) electrons. The van der Waals surface area contributed by atoms with Gasteiger partial charge in [-0.05, 0) is 25.0 Å². The first-order chi connectivity index (χ1) is 10.2. The molecule has 1 aromatic carbocycles. The van der Waals surface area contributed by atoms with Crippen LogP contribution >= 0.6 is 0 Å². The van der Waals surface area contributed by atoms with E-state index in [4.69, 9.17) is 5.11 Å². The molecule has 1 amide bonds. The van der Waals surface area contributed by atoms with Gasteiger partial charge in [0.05, 0.1) is 5.52 Å². The fourth-order valence-corrected chi connectivity index (χ4v) is 3.01. The summed E-state index contributed by atoms with van der Waals surface area (Å²) in [6, 6.07) is 10.3. The van der Waals surface area contributed by atoms with Gasteiger partial charge < -0.3 is 14.9 Å². The number of hydrogen-bond donors (Lipinski definition) is 1. The van der Waals surface area contributed by atoms with Gasteiger partial charge in [0.1, 0.15) is 0 Å². The topological polar surface area (TPSA) is 56.7 Å². The first-order valence-corrected chi connectivity index (χ1v) is 7.21. The Hall–Kier alpha value is -2.30. The van der Waals surface area contributed by atoms with Gasteiger partial charge in [-0.1, -0.05) is 18.2 Å². The second-order valence-corrected chi connectivity index (χ2v) is 5.46. The van der Waals surface area contributed by atoms with Gasteiger partial charge in [0.2, 0.25) is 0 Å². The molecule has 2 aromatic rings. The number of carbonyl (C=O) groups is 1. The van der Waals surface area contributed by atoms with Crippen molar-refractivity contribution in [3.05, 3.63) is 36.5 Å². The molecule has 21 heavy (non-hydrogen) atoms. The first-order valence-electron chi connectivity index (χ1n) is 7.21. The minimum atomic E-state index is -0.845. The van der Waals surface area contributed by atoms with E-state index in [9.17, 15) is 4.79 Å². The van der Waals surface area contributed by atoms with Gasteiger partial charge in [-0.15, -0.1) is 0 Å². The molecule has 1 fully saturated rings. The largest absolute Gasteiger partial charge is 0.465 e. The maximum atomic E-state index is 11.0. The number of rotatable bonds is 2. The minimum Gasteiger partial charge on any atom is -0.465 e. The number of carboxylic acid groups (broad SMARTS) is 1. The molecule has 2 heterocycles. The number of fused-ring (bicyclic) bond motifs is 1. The van der Waals surface area contributed by atoms with Crippen molar-refractivity contribution in [2.45, 2.75) is 18.9 Å². The molecule has 0 saturated carbocycles. The molecule has 110 valence electrons. The van der Waals surface area contributed by atoms with E-state index in [2.05, 4.69) is 16.0 Å². The van der Waals surface area contributed by atoms with E-state index in [1.54, 1.807) is 7.05 Å². The molecular formula is C16H19N3O2. The number of aromatic nitrogens is 1. The SMILES string of the molecule is CN(C(=O)O)C1CCN(c2ccnc3ccccc23)CC1. The molecule has 5 nitrogen and oxygen atoms in total. The number of amides is 1. The summed E-state index contributed by atoms with van der Waals surface area (Å²) in [7, 11) is 1.66.